The summed E-state index contributed by atoms with van der Waals surface area (Å²) in [5.41, 5.74) is -1.01. The van der Waals surface area contributed by atoms with Gasteiger partial charge in [0, 0.05) is 25.3 Å². The van der Waals surface area contributed by atoms with Crippen molar-refractivity contribution in [2.45, 2.75) is 32.3 Å². The fourth-order valence-electron chi connectivity index (χ4n) is 3.46. The molecule has 2 aliphatic heterocycles. The Kier molecular flexibility index (Phi) is 4.03. The molecular weight excluding hydrogens is 362 g/mol. The van der Waals surface area contributed by atoms with Gasteiger partial charge in [0.2, 0.25) is 17.6 Å². The molecule has 1 atom stereocenters. The molecule has 142 valence electrons. The number of fused-ring (bicyclic) bond motifs is 1. The Morgan fingerprint density at radius 3 is 2.32 bits per heavy atom. The maximum Gasteiger partial charge on any atom is 0.308 e. The van der Waals surface area contributed by atoms with Crippen LogP contribution < -0.4 is 0 Å². The number of imide groups is 1. The van der Waals surface area contributed by atoms with Crippen LogP contribution in [0, 0.1) is 0 Å². The summed E-state index contributed by atoms with van der Waals surface area (Å²) in [4.78, 5) is 49.8. The molecule has 0 N–H and O–H groups in total. The van der Waals surface area contributed by atoms with Crippen molar-refractivity contribution in [1.82, 2.24) is 4.90 Å². The summed E-state index contributed by atoms with van der Waals surface area (Å²) in [5, 5.41) is 1.88. The molecule has 0 radical (unpaired) electrons. The largest absolute Gasteiger partial charge is 0.456 e. The van der Waals surface area contributed by atoms with Crippen molar-refractivity contribution in [2.24, 2.45) is 0 Å². The molecule has 1 fully saturated rings. The lowest BCUT2D eigenvalue weighted by Gasteiger charge is -2.25. The Balaban J connectivity index is 1.81. The highest BCUT2D eigenvalue weighted by Crippen LogP contribution is 2.42. The number of Topliss-reactive ketones (excluding diaryl/α,β-unsaturated/α-hetero) is 1. The molecule has 7 nitrogen and oxygen atoms in total. The van der Waals surface area contributed by atoms with Crippen LogP contribution in [0.3, 0.4) is 0 Å². The van der Waals surface area contributed by atoms with E-state index in [1.54, 1.807) is 12.1 Å². The number of ketones is 1. The summed E-state index contributed by atoms with van der Waals surface area (Å²) in [6.45, 7) is 2.66. The maximum absolute atomic E-state index is 13.2. The van der Waals surface area contributed by atoms with Gasteiger partial charge in [0.05, 0.1) is 0 Å². The lowest BCUT2D eigenvalue weighted by Crippen LogP contribution is -2.33. The topological polar surface area (TPSA) is 90.0 Å². The average molecular weight is 379 g/mol. The van der Waals surface area contributed by atoms with E-state index in [0.717, 1.165) is 22.6 Å². The van der Waals surface area contributed by atoms with Gasteiger partial charge in [-0.15, -0.1) is 0 Å². The predicted molar refractivity (Wildman–Crippen MR) is 97.3 cm³/mol. The van der Waals surface area contributed by atoms with Crippen LogP contribution in [0.1, 0.15) is 32.3 Å². The fraction of sp³-hybridized carbons (Fsp3) is 0.238. The van der Waals surface area contributed by atoms with E-state index in [1.807, 2.05) is 30.3 Å². The molecule has 1 saturated heterocycles. The predicted octanol–water partition coefficient (Wildman–Crippen LogP) is 2.54. The quantitative estimate of drug-likeness (QED) is 0.601. The van der Waals surface area contributed by atoms with Crippen LogP contribution >= 0.6 is 0 Å². The van der Waals surface area contributed by atoms with Gasteiger partial charge in [-0.3, -0.25) is 19.2 Å². The van der Waals surface area contributed by atoms with Crippen molar-refractivity contribution in [2.75, 3.05) is 0 Å². The summed E-state index contributed by atoms with van der Waals surface area (Å²) >= 11 is 0. The number of hydrogen-bond donors (Lipinski definition) is 0. The second kappa shape index (κ2) is 6.30. The number of benzene rings is 2. The number of hydrogen-bond acceptors (Lipinski definition) is 6. The second-order valence-electron chi connectivity index (χ2n) is 6.88. The molecule has 0 aliphatic carbocycles. The number of nitrogens with zero attached hydrogens (tertiary/aromatic N) is 1. The third kappa shape index (κ3) is 2.67. The average Bonchev–Trinajstić information content (AvgIpc) is 3.12. The molecule has 2 amide bonds. The minimum absolute atomic E-state index is 0.0138. The van der Waals surface area contributed by atoms with Crippen molar-refractivity contribution >= 4 is 34.3 Å². The van der Waals surface area contributed by atoms with E-state index in [-0.39, 0.29) is 18.7 Å². The van der Waals surface area contributed by atoms with Gasteiger partial charge in [-0.25, -0.2) is 4.90 Å². The molecule has 4 rings (SSSR count). The van der Waals surface area contributed by atoms with Crippen molar-refractivity contribution in [3.05, 3.63) is 59.7 Å². The van der Waals surface area contributed by atoms with Crippen LogP contribution in [-0.2, 0) is 34.3 Å². The third-order valence-electron chi connectivity index (χ3n) is 4.94. The summed E-state index contributed by atoms with van der Waals surface area (Å²) in [5.74, 6) is -3.11. The zero-order valence-electron chi connectivity index (χ0n) is 15.4. The van der Waals surface area contributed by atoms with Gasteiger partial charge < -0.3 is 9.47 Å². The van der Waals surface area contributed by atoms with Crippen LogP contribution in [-0.4, -0.2) is 28.5 Å². The molecule has 0 aromatic heterocycles. The SMILES string of the molecule is CC(=O)OC1=C(N2C(=O)CCC2=O)OC(C)(c2ccc3ccccc3c2)C1=O. The van der Waals surface area contributed by atoms with E-state index >= 15 is 0 Å². The molecule has 2 aromatic carbocycles. The number of ether oxygens (including phenoxy) is 2. The lowest BCUT2D eigenvalue weighted by atomic mass is 9.90. The van der Waals surface area contributed by atoms with Gasteiger partial charge in [0.15, 0.2) is 5.60 Å². The van der Waals surface area contributed by atoms with Crippen LogP contribution in [0.5, 0.6) is 0 Å². The number of carbonyl (C=O) groups excluding carboxylic acids is 4. The first-order chi connectivity index (χ1) is 13.3. The molecule has 0 bridgehead atoms. The smallest absolute Gasteiger partial charge is 0.308 e. The highest BCUT2D eigenvalue weighted by molar-refractivity contribution is 6.09. The number of amides is 2. The van der Waals surface area contributed by atoms with E-state index in [2.05, 4.69) is 0 Å². The van der Waals surface area contributed by atoms with Crippen molar-refractivity contribution in [1.29, 1.82) is 0 Å². The van der Waals surface area contributed by atoms with Crippen LogP contribution in [0.4, 0.5) is 0 Å². The molecule has 0 spiro atoms. The van der Waals surface area contributed by atoms with E-state index < -0.39 is 34.9 Å². The minimum atomic E-state index is -1.53. The highest BCUT2D eigenvalue weighted by atomic mass is 16.6. The first-order valence-corrected chi connectivity index (χ1v) is 8.83. The van der Waals surface area contributed by atoms with Crippen molar-refractivity contribution in [3.63, 3.8) is 0 Å². The molecule has 7 heteroatoms. The fourth-order valence-corrected chi connectivity index (χ4v) is 3.46. The van der Waals surface area contributed by atoms with Gasteiger partial charge >= 0.3 is 5.97 Å². The Morgan fingerprint density at radius 2 is 1.68 bits per heavy atom. The van der Waals surface area contributed by atoms with E-state index in [0.29, 0.717) is 5.56 Å². The second-order valence-corrected chi connectivity index (χ2v) is 6.88. The van der Waals surface area contributed by atoms with Crippen molar-refractivity contribution < 1.29 is 28.7 Å². The van der Waals surface area contributed by atoms with Gasteiger partial charge in [0.25, 0.3) is 11.7 Å². The summed E-state index contributed by atoms with van der Waals surface area (Å²) < 4.78 is 10.9. The van der Waals surface area contributed by atoms with E-state index in [9.17, 15) is 19.2 Å². The summed E-state index contributed by atoms with van der Waals surface area (Å²) in [6, 6.07) is 13.0. The summed E-state index contributed by atoms with van der Waals surface area (Å²) in [7, 11) is 0. The van der Waals surface area contributed by atoms with Crippen molar-refractivity contribution in [3.8, 4) is 0 Å². The normalized spacial score (nSPS) is 22.2. The standard InChI is InChI=1S/C21H17NO6/c1-12(23)27-18-19(26)21(2,28-20(18)22-16(24)9-10-17(22)25)15-8-7-13-5-3-4-6-14(13)11-15/h3-8,11H,9-10H2,1-2H3. The Labute approximate surface area is 160 Å². The number of carbonyl (C=O) groups is 4. The van der Waals surface area contributed by atoms with Gasteiger partial charge in [-0.05, 0) is 23.8 Å². The zero-order chi connectivity index (χ0) is 20.1. The lowest BCUT2D eigenvalue weighted by molar-refractivity contribution is -0.144. The van der Waals surface area contributed by atoms with E-state index in [4.69, 9.17) is 9.47 Å². The zero-order valence-corrected chi connectivity index (χ0v) is 15.4. The molecular formula is C21H17NO6. The minimum Gasteiger partial charge on any atom is -0.456 e. The van der Waals surface area contributed by atoms with Gasteiger partial charge in [-0.2, -0.15) is 0 Å². The van der Waals surface area contributed by atoms with Crippen LogP contribution in [0.25, 0.3) is 10.8 Å². The Bertz CT molecular complexity index is 1070. The van der Waals surface area contributed by atoms with Crippen LogP contribution in [0.2, 0.25) is 0 Å². The molecule has 2 aliphatic rings. The molecule has 2 aromatic rings. The molecule has 1 unspecified atom stereocenters. The van der Waals surface area contributed by atoms with E-state index in [1.165, 1.54) is 6.92 Å². The Morgan fingerprint density at radius 1 is 1.04 bits per heavy atom. The number of esters is 1. The number of rotatable bonds is 3. The summed E-state index contributed by atoms with van der Waals surface area (Å²) in [6.07, 6.45) is 0.0276. The third-order valence-corrected chi connectivity index (χ3v) is 4.94. The number of likely N-dealkylation sites (tertiary alicyclic amines) is 1. The first-order valence-electron chi connectivity index (χ1n) is 8.83. The van der Waals surface area contributed by atoms with Gasteiger partial charge in [-0.1, -0.05) is 36.4 Å². The maximum atomic E-state index is 13.2. The highest BCUT2D eigenvalue weighted by Gasteiger charge is 2.53. The molecule has 28 heavy (non-hydrogen) atoms. The Hall–Kier alpha value is -3.48. The first kappa shape index (κ1) is 17.9. The van der Waals surface area contributed by atoms with Crippen LogP contribution in [0.15, 0.2) is 54.1 Å². The molecule has 0 saturated carbocycles. The molecule has 2 heterocycles. The van der Waals surface area contributed by atoms with Gasteiger partial charge in [0.1, 0.15) is 0 Å². The monoisotopic (exact) mass is 379 g/mol.